The number of rotatable bonds is 4. The summed E-state index contributed by atoms with van der Waals surface area (Å²) in [6.07, 6.45) is 1.66. The van der Waals surface area contributed by atoms with Gasteiger partial charge in [-0.2, -0.15) is 0 Å². The van der Waals surface area contributed by atoms with Gasteiger partial charge in [-0.3, -0.25) is 9.59 Å². The third kappa shape index (κ3) is 2.60. The van der Waals surface area contributed by atoms with Gasteiger partial charge in [-0.1, -0.05) is 30.3 Å². The van der Waals surface area contributed by atoms with Crippen molar-refractivity contribution in [1.29, 1.82) is 0 Å². The normalized spacial score (nSPS) is 10.6. The molecule has 0 N–H and O–H groups in total. The highest BCUT2D eigenvalue weighted by Gasteiger charge is 2.22. The fourth-order valence-corrected chi connectivity index (χ4v) is 2.65. The van der Waals surface area contributed by atoms with Crippen LogP contribution in [0.4, 0.5) is 0 Å². The van der Waals surface area contributed by atoms with Crippen molar-refractivity contribution < 1.29 is 19.1 Å². The van der Waals surface area contributed by atoms with Gasteiger partial charge in [0.15, 0.2) is 0 Å². The van der Waals surface area contributed by atoms with Gasteiger partial charge in [0.2, 0.25) is 11.6 Å². The zero-order valence-corrected chi connectivity index (χ0v) is 13.3. The Hall–Kier alpha value is -3.21. The lowest BCUT2D eigenvalue weighted by molar-refractivity contribution is 0.0600. The number of para-hydroxylation sites is 1. The Kier molecular flexibility index (Phi) is 4.00. The fourth-order valence-electron chi connectivity index (χ4n) is 2.65. The summed E-state index contributed by atoms with van der Waals surface area (Å²) in [5, 5.41) is 0.740. The minimum atomic E-state index is -0.609. The van der Waals surface area contributed by atoms with E-state index in [1.165, 1.54) is 31.4 Å². The predicted molar refractivity (Wildman–Crippen MR) is 89.4 cm³/mol. The highest BCUT2D eigenvalue weighted by atomic mass is 16.5. The second-order valence-electron chi connectivity index (χ2n) is 5.40. The van der Waals surface area contributed by atoms with Gasteiger partial charge in [-0.25, -0.2) is 4.79 Å². The SMILES string of the molecule is COC(=O)c1ccc(C(=O)C(=O)c2cn(C)c3ccccc23)cc1. The van der Waals surface area contributed by atoms with Crippen molar-refractivity contribution >= 4 is 28.4 Å². The minimum absolute atomic E-state index is 0.237. The number of hydrogen-bond acceptors (Lipinski definition) is 4. The number of aryl methyl sites for hydroxylation is 1. The van der Waals surface area contributed by atoms with Crippen molar-refractivity contribution in [3.05, 3.63) is 71.4 Å². The van der Waals surface area contributed by atoms with Gasteiger partial charge in [0.05, 0.1) is 18.2 Å². The molecule has 1 heterocycles. The molecular formula is C19H15NO4. The molecule has 5 nitrogen and oxygen atoms in total. The summed E-state index contributed by atoms with van der Waals surface area (Å²) in [5.74, 6) is -1.67. The van der Waals surface area contributed by atoms with E-state index in [-0.39, 0.29) is 5.56 Å². The van der Waals surface area contributed by atoms with E-state index in [1.807, 2.05) is 35.9 Å². The molecular weight excluding hydrogens is 306 g/mol. The lowest BCUT2D eigenvalue weighted by Crippen LogP contribution is -2.14. The second kappa shape index (κ2) is 6.12. The average molecular weight is 321 g/mol. The maximum atomic E-state index is 12.6. The van der Waals surface area contributed by atoms with Crippen molar-refractivity contribution in [3.63, 3.8) is 0 Å². The summed E-state index contributed by atoms with van der Waals surface area (Å²) in [4.78, 5) is 36.5. The molecule has 0 atom stereocenters. The molecule has 0 radical (unpaired) electrons. The molecule has 0 bridgehead atoms. The van der Waals surface area contributed by atoms with E-state index in [1.54, 1.807) is 6.20 Å². The molecule has 1 aromatic heterocycles. The van der Waals surface area contributed by atoms with Gasteiger partial charge in [0, 0.05) is 29.7 Å². The molecule has 0 aliphatic heterocycles. The Labute approximate surface area is 138 Å². The molecule has 0 amide bonds. The molecule has 0 aliphatic carbocycles. The average Bonchev–Trinajstić information content (AvgIpc) is 2.97. The number of ketones is 2. The third-order valence-electron chi connectivity index (χ3n) is 3.92. The highest BCUT2D eigenvalue weighted by molar-refractivity contribution is 6.50. The Morgan fingerprint density at radius 3 is 2.17 bits per heavy atom. The van der Waals surface area contributed by atoms with E-state index >= 15 is 0 Å². The summed E-state index contributed by atoms with van der Waals surface area (Å²) < 4.78 is 6.43. The molecule has 0 aliphatic rings. The van der Waals surface area contributed by atoms with Gasteiger partial charge in [0.1, 0.15) is 0 Å². The number of carbonyl (C=O) groups is 3. The van der Waals surface area contributed by atoms with E-state index in [4.69, 9.17) is 0 Å². The maximum Gasteiger partial charge on any atom is 0.337 e. The number of hydrogen-bond donors (Lipinski definition) is 0. The molecule has 2 aromatic carbocycles. The third-order valence-corrected chi connectivity index (χ3v) is 3.92. The maximum absolute atomic E-state index is 12.6. The van der Waals surface area contributed by atoms with Gasteiger partial charge < -0.3 is 9.30 Å². The van der Waals surface area contributed by atoms with Gasteiger partial charge in [0.25, 0.3) is 0 Å². The van der Waals surface area contributed by atoms with Crippen LogP contribution in [0.15, 0.2) is 54.7 Å². The van der Waals surface area contributed by atoms with E-state index in [0.717, 1.165) is 10.9 Å². The molecule has 0 saturated heterocycles. The van der Waals surface area contributed by atoms with Crippen LogP contribution >= 0.6 is 0 Å². The molecule has 0 spiro atoms. The minimum Gasteiger partial charge on any atom is -0.465 e. The summed E-state index contributed by atoms with van der Waals surface area (Å²) in [6, 6.07) is 13.3. The standard InChI is InChI=1S/C19H15NO4/c1-20-11-15(14-5-3-4-6-16(14)20)18(22)17(21)12-7-9-13(10-8-12)19(23)24-2/h3-11H,1-2H3. The summed E-state index contributed by atoms with van der Waals surface area (Å²) in [7, 11) is 3.11. The van der Waals surface area contributed by atoms with Gasteiger partial charge in [-0.05, 0) is 18.2 Å². The van der Waals surface area contributed by atoms with Crippen LogP contribution in [0, 0.1) is 0 Å². The topological polar surface area (TPSA) is 65.4 Å². The highest BCUT2D eigenvalue weighted by Crippen LogP contribution is 2.22. The van der Waals surface area contributed by atoms with Crippen LogP contribution in [-0.4, -0.2) is 29.2 Å². The molecule has 5 heteroatoms. The number of benzene rings is 2. The molecule has 3 rings (SSSR count). The van der Waals surface area contributed by atoms with Crippen LogP contribution < -0.4 is 0 Å². The quantitative estimate of drug-likeness (QED) is 0.421. The van der Waals surface area contributed by atoms with E-state index in [9.17, 15) is 14.4 Å². The van der Waals surface area contributed by atoms with Crippen molar-refractivity contribution in [3.8, 4) is 0 Å². The van der Waals surface area contributed by atoms with E-state index in [0.29, 0.717) is 11.1 Å². The van der Waals surface area contributed by atoms with Crippen LogP contribution in [0.1, 0.15) is 31.1 Å². The van der Waals surface area contributed by atoms with Crippen LogP contribution in [0.3, 0.4) is 0 Å². The Balaban J connectivity index is 1.94. The molecule has 120 valence electrons. The first kappa shape index (κ1) is 15.7. The lowest BCUT2D eigenvalue weighted by atomic mass is 10.00. The van der Waals surface area contributed by atoms with E-state index < -0.39 is 17.5 Å². The van der Waals surface area contributed by atoms with Crippen LogP contribution in [-0.2, 0) is 11.8 Å². The van der Waals surface area contributed by atoms with Crippen molar-refractivity contribution in [2.24, 2.45) is 7.05 Å². The molecule has 0 fully saturated rings. The first-order valence-electron chi connectivity index (χ1n) is 7.34. The Bertz CT molecular complexity index is 951. The Morgan fingerprint density at radius 2 is 1.50 bits per heavy atom. The van der Waals surface area contributed by atoms with Crippen LogP contribution in [0.2, 0.25) is 0 Å². The monoisotopic (exact) mass is 321 g/mol. The van der Waals surface area contributed by atoms with Crippen LogP contribution in [0.5, 0.6) is 0 Å². The second-order valence-corrected chi connectivity index (χ2v) is 5.40. The zero-order chi connectivity index (χ0) is 17.3. The number of Topliss-reactive ketones (excluding diaryl/α,β-unsaturated/α-hetero) is 2. The fraction of sp³-hybridized carbons (Fsp3) is 0.105. The number of nitrogens with zero attached hydrogens (tertiary/aromatic N) is 1. The predicted octanol–water partition coefficient (Wildman–Crippen LogP) is 3.03. The summed E-state index contributed by atoms with van der Waals surface area (Å²) in [5.41, 5.74) is 1.82. The number of carbonyl (C=O) groups excluding carboxylic acids is 3. The molecule has 0 unspecified atom stereocenters. The lowest BCUT2D eigenvalue weighted by Gasteiger charge is -2.02. The first-order valence-corrected chi connectivity index (χ1v) is 7.34. The smallest absolute Gasteiger partial charge is 0.337 e. The number of aromatic nitrogens is 1. The van der Waals surface area contributed by atoms with Crippen LogP contribution in [0.25, 0.3) is 10.9 Å². The summed E-state index contributed by atoms with van der Waals surface area (Å²) in [6.45, 7) is 0. The van der Waals surface area contributed by atoms with Gasteiger partial charge in [-0.15, -0.1) is 0 Å². The van der Waals surface area contributed by atoms with Crippen molar-refractivity contribution in [1.82, 2.24) is 4.57 Å². The van der Waals surface area contributed by atoms with Crippen molar-refractivity contribution in [2.45, 2.75) is 0 Å². The Morgan fingerprint density at radius 1 is 0.875 bits per heavy atom. The summed E-state index contributed by atoms with van der Waals surface area (Å²) >= 11 is 0. The first-order chi connectivity index (χ1) is 11.5. The molecule has 24 heavy (non-hydrogen) atoms. The number of fused-ring (bicyclic) bond motifs is 1. The largest absolute Gasteiger partial charge is 0.465 e. The van der Waals surface area contributed by atoms with Gasteiger partial charge >= 0.3 is 5.97 Å². The number of ether oxygens (including phenoxy) is 1. The van der Waals surface area contributed by atoms with Crippen molar-refractivity contribution in [2.75, 3.05) is 7.11 Å². The molecule has 3 aromatic rings. The number of esters is 1. The zero-order valence-electron chi connectivity index (χ0n) is 13.3. The number of methoxy groups -OCH3 is 1. The van der Waals surface area contributed by atoms with E-state index in [2.05, 4.69) is 4.74 Å². The molecule has 0 saturated carbocycles.